The summed E-state index contributed by atoms with van der Waals surface area (Å²) in [6.45, 7) is 0.453. The van der Waals surface area contributed by atoms with Crippen LogP contribution in [0.4, 0.5) is 5.69 Å². The number of pyridine rings is 1. The molecule has 2 aromatic rings. The van der Waals surface area contributed by atoms with Crippen LogP contribution in [-0.4, -0.2) is 4.98 Å². The van der Waals surface area contributed by atoms with Gasteiger partial charge >= 0.3 is 0 Å². The minimum atomic E-state index is 0.453. The van der Waals surface area contributed by atoms with E-state index in [1.54, 1.807) is 18.5 Å². The van der Waals surface area contributed by atoms with Crippen molar-refractivity contribution in [2.75, 3.05) is 5.73 Å². The van der Waals surface area contributed by atoms with Gasteiger partial charge in [0.05, 0.1) is 4.47 Å². The summed E-state index contributed by atoms with van der Waals surface area (Å²) in [4.78, 5) is 4.07. The molecular weight excluding hydrogens is 348 g/mol. The number of hydrogen-bond donors (Lipinski definition) is 1. The molecule has 0 amide bonds. The highest BCUT2D eigenvalue weighted by atomic mass is 79.9. The van der Waals surface area contributed by atoms with E-state index in [1.165, 1.54) is 0 Å². The van der Waals surface area contributed by atoms with E-state index in [9.17, 15) is 0 Å². The van der Waals surface area contributed by atoms with Crippen molar-refractivity contribution in [1.82, 2.24) is 4.98 Å². The smallest absolute Gasteiger partial charge is 0.136 e. The minimum absolute atomic E-state index is 0.453. The van der Waals surface area contributed by atoms with Crippen LogP contribution >= 0.6 is 31.9 Å². The number of nitrogen functional groups attached to an aromatic ring is 1. The lowest BCUT2D eigenvalue weighted by Gasteiger charge is -2.08. The number of aromatic nitrogens is 1. The third-order valence-corrected chi connectivity index (χ3v) is 3.20. The van der Waals surface area contributed by atoms with E-state index in [-0.39, 0.29) is 0 Å². The molecule has 0 atom stereocenters. The van der Waals surface area contributed by atoms with Gasteiger partial charge in [0, 0.05) is 34.2 Å². The molecule has 88 valence electrons. The van der Waals surface area contributed by atoms with Crippen molar-refractivity contribution in [2.45, 2.75) is 6.61 Å². The monoisotopic (exact) mass is 356 g/mol. The van der Waals surface area contributed by atoms with Gasteiger partial charge in [-0.15, -0.1) is 0 Å². The number of hydrogen-bond acceptors (Lipinski definition) is 3. The summed E-state index contributed by atoms with van der Waals surface area (Å²) in [5.74, 6) is 0.727. The quantitative estimate of drug-likeness (QED) is 0.850. The lowest BCUT2D eigenvalue weighted by atomic mass is 10.3. The Morgan fingerprint density at radius 1 is 1.18 bits per heavy atom. The maximum absolute atomic E-state index is 5.70. The van der Waals surface area contributed by atoms with Gasteiger partial charge in [0.2, 0.25) is 0 Å². The second-order valence-corrected chi connectivity index (χ2v) is 5.26. The molecule has 0 aliphatic carbocycles. The average Bonchev–Trinajstić information content (AvgIpc) is 2.30. The fourth-order valence-electron chi connectivity index (χ4n) is 1.33. The molecule has 3 nitrogen and oxygen atoms in total. The number of rotatable bonds is 3. The Labute approximate surface area is 116 Å². The molecule has 0 aliphatic rings. The van der Waals surface area contributed by atoms with Gasteiger partial charge in [0.1, 0.15) is 12.4 Å². The number of ether oxygens (including phenoxy) is 1. The lowest BCUT2D eigenvalue weighted by Crippen LogP contribution is -1.97. The first-order chi connectivity index (χ1) is 8.15. The van der Waals surface area contributed by atoms with Crippen molar-refractivity contribution in [3.63, 3.8) is 0 Å². The number of nitrogens with zero attached hydrogens (tertiary/aromatic N) is 1. The van der Waals surface area contributed by atoms with E-state index in [4.69, 9.17) is 10.5 Å². The molecule has 0 fully saturated rings. The maximum atomic E-state index is 5.70. The first-order valence-electron chi connectivity index (χ1n) is 4.92. The Morgan fingerprint density at radius 3 is 2.76 bits per heavy atom. The molecule has 0 saturated carbocycles. The highest BCUT2D eigenvalue weighted by Gasteiger charge is 2.02. The van der Waals surface area contributed by atoms with Crippen LogP contribution in [0.15, 0.2) is 45.6 Å². The van der Waals surface area contributed by atoms with E-state index < -0.39 is 0 Å². The van der Waals surface area contributed by atoms with Crippen molar-refractivity contribution >= 4 is 37.5 Å². The number of nitrogens with two attached hydrogens (primary N) is 1. The SMILES string of the molecule is Nc1ccc(Br)c(OCc2cncc(Br)c2)c1. The third-order valence-electron chi connectivity index (χ3n) is 2.11. The van der Waals surface area contributed by atoms with Crippen molar-refractivity contribution in [3.8, 4) is 5.75 Å². The molecule has 17 heavy (non-hydrogen) atoms. The Kier molecular flexibility index (Phi) is 4.02. The molecule has 0 bridgehead atoms. The van der Waals surface area contributed by atoms with E-state index in [0.29, 0.717) is 12.3 Å². The van der Waals surface area contributed by atoms with Crippen LogP contribution in [-0.2, 0) is 6.61 Å². The molecule has 0 unspecified atom stereocenters. The van der Waals surface area contributed by atoms with E-state index in [0.717, 1.165) is 20.3 Å². The van der Waals surface area contributed by atoms with Crippen LogP contribution in [0.1, 0.15) is 5.56 Å². The molecule has 1 heterocycles. The van der Waals surface area contributed by atoms with Gasteiger partial charge in [0.15, 0.2) is 0 Å². The fourth-order valence-corrected chi connectivity index (χ4v) is 2.10. The largest absolute Gasteiger partial charge is 0.488 e. The fraction of sp³-hybridized carbons (Fsp3) is 0.0833. The minimum Gasteiger partial charge on any atom is -0.488 e. The zero-order valence-corrected chi connectivity index (χ0v) is 12.0. The highest BCUT2D eigenvalue weighted by molar-refractivity contribution is 9.10. The van der Waals surface area contributed by atoms with Crippen molar-refractivity contribution in [2.24, 2.45) is 0 Å². The standard InChI is InChI=1S/C12H10Br2N2O/c13-9-3-8(5-16-6-9)7-17-12-4-10(15)1-2-11(12)14/h1-6H,7,15H2. The number of benzene rings is 1. The first-order valence-corrected chi connectivity index (χ1v) is 6.51. The van der Waals surface area contributed by atoms with Crippen molar-refractivity contribution < 1.29 is 4.74 Å². The van der Waals surface area contributed by atoms with Gasteiger partial charge in [-0.1, -0.05) is 0 Å². The number of anilines is 1. The Balaban J connectivity index is 2.09. The van der Waals surface area contributed by atoms with Gasteiger partial charge in [-0.25, -0.2) is 0 Å². The Morgan fingerprint density at radius 2 is 2.00 bits per heavy atom. The summed E-state index contributed by atoms with van der Waals surface area (Å²) < 4.78 is 7.49. The molecule has 2 rings (SSSR count). The summed E-state index contributed by atoms with van der Waals surface area (Å²) in [7, 11) is 0. The van der Waals surface area contributed by atoms with Crippen LogP contribution < -0.4 is 10.5 Å². The number of halogens is 2. The summed E-state index contributed by atoms with van der Waals surface area (Å²) >= 11 is 6.78. The second kappa shape index (κ2) is 5.51. The van der Waals surface area contributed by atoms with Gasteiger partial charge < -0.3 is 10.5 Å². The molecule has 0 aliphatic heterocycles. The Bertz CT molecular complexity index is 532. The normalized spacial score (nSPS) is 10.2. The summed E-state index contributed by atoms with van der Waals surface area (Å²) in [5.41, 5.74) is 7.37. The van der Waals surface area contributed by atoms with Crippen LogP contribution in [0, 0.1) is 0 Å². The lowest BCUT2D eigenvalue weighted by molar-refractivity contribution is 0.304. The summed E-state index contributed by atoms with van der Waals surface area (Å²) in [6, 6.07) is 7.43. The third kappa shape index (κ3) is 3.44. The molecule has 2 N–H and O–H groups in total. The van der Waals surface area contributed by atoms with E-state index in [1.807, 2.05) is 18.2 Å². The van der Waals surface area contributed by atoms with Gasteiger partial charge in [-0.05, 0) is 50.1 Å². The van der Waals surface area contributed by atoms with E-state index in [2.05, 4.69) is 36.8 Å². The maximum Gasteiger partial charge on any atom is 0.136 e. The van der Waals surface area contributed by atoms with Crippen LogP contribution in [0.5, 0.6) is 5.75 Å². The zero-order chi connectivity index (χ0) is 12.3. The molecule has 1 aromatic carbocycles. The van der Waals surface area contributed by atoms with Crippen molar-refractivity contribution in [1.29, 1.82) is 0 Å². The average molecular weight is 358 g/mol. The predicted molar refractivity (Wildman–Crippen MR) is 74.8 cm³/mol. The molecule has 0 spiro atoms. The van der Waals surface area contributed by atoms with Crippen LogP contribution in [0.2, 0.25) is 0 Å². The molecule has 5 heteroatoms. The molecule has 0 saturated heterocycles. The van der Waals surface area contributed by atoms with Gasteiger partial charge in [-0.3, -0.25) is 4.98 Å². The molecular formula is C12H10Br2N2O. The van der Waals surface area contributed by atoms with E-state index >= 15 is 0 Å². The highest BCUT2D eigenvalue weighted by Crippen LogP contribution is 2.27. The van der Waals surface area contributed by atoms with Gasteiger partial charge in [0.25, 0.3) is 0 Å². The molecule has 0 radical (unpaired) electrons. The molecule has 1 aromatic heterocycles. The summed E-state index contributed by atoms with van der Waals surface area (Å²) in [5, 5.41) is 0. The second-order valence-electron chi connectivity index (χ2n) is 3.49. The van der Waals surface area contributed by atoms with Crippen LogP contribution in [0.25, 0.3) is 0 Å². The predicted octanol–water partition coefficient (Wildman–Crippen LogP) is 3.77. The summed E-state index contributed by atoms with van der Waals surface area (Å²) in [6.07, 6.45) is 3.50. The van der Waals surface area contributed by atoms with Crippen molar-refractivity contribution in [3.05, 3.63) is 51.2 Å². The van der Waals surface area contributed by atoms with Gasteiger partial charge in [-0.2, -0.15) is 0 Å². The Hall–Kier alpha value is -1.07. The zero-order valence-electron chi connectivity index (χ0n) is 8.86. The van der Waals surface area contributed by atoms with Crippen LogP contribution in [0.3, 0.4) is 0 Å². The first kappa shape index (κ1) is 12.4. The topological polar surface area (TPSA) is 48.1 Å².